The predicted octanol–water partition coefficient (Wildman–Crippen LogP) is 1.87. The van der Waals surface area contributed by atoms with Gasteiger partial charge in [0.2, 0.25) is 0 Å². The Balaban J connectivity index is 2.11. The van der Waals surface area contributed by atoms with Crippen molar-refractivity contribution in [3.05, 3.63) is 22.4 Å². The fourth-order valence-corrected chi connectivity index (χ4v) is 1.56. The van der Waals surface area contributed by atoms with Gasteiger partial charge in [-0.15, -0.1) is 0 Å². The van der Waals surface area contributed by atoms with Crippen LogP contribution in [-0.4, -0.2) is 19.8 Å². The minimum absolute atomic E-state index is 0.295. The van der Waals surface area contributed by atoms with Crippen LogP contribution in [0.4, 0.5) is 0 Å². The van der Waals surface area contributed by atoms with E-state index in [1.807, 2.05) is 0 Å². The molecule has 1 aromatic heterocycles. The molecule has 0 radical (unpaired) electrons. The predicted molar refractivity (Wildman–Crippen MR) is 52.5 cm³/mol. The molecule has 0 amide bonds. The average molecular weight is 185 g/mol. The number of hydrogen-bond donors (Lipinski definition) is 1. The van der Waals surface area contributed by atoms with Crippen LogP contribution in [-0.2, 0) is 11.3 Å². The molecule has 2 nitrogen and oxygen atoms in total. The minimum atomic E-state index is 0.295. The maximum atomic E-state index is 5.11. The maximum absolute atomic E-state index is 5.11. The van der Waals surface area contributed by atoms with Gasteiger partial charge in [0, 0.05) is 20.2 Å². The van der Waals surface area contributed by atoms with E-state index in [0.717, 1.165) is 13.1 Å². The molecule has 1 N–H and O–H groups in total. The van der Waals surface area contributed by atoms with Crippen molar-refractivity contribution in [2.75, 3.05) is 13.7 Å². The minimum Gasteiger partial charge on any atom is -0.380 e. The number of rotatable bonds is 5. The summed E-state index contributed by atoms with van der Waals surface area (Å²) in [5, 5.41) is 7.57. The first kappa shape index (κ1) is 9.71. The van der Waals surface area contributed by atoms with E-state index in [1.165, 1.54) is 5.56 Å². The molecule has 0 aliphatic carbocycles. The first-order chi connectivity index (χ1) is 5.83. The van der Waals surface area contributed by atoms with Gasteiger partial charge in [-0.05, 0) is 29.3 Å². The molecule has 0 spiro atoms. The summed E-state index contributed by atoms with van der Waals surface area (Å²) >= 11 is 1.73. The van der Waals surface area contributed by atoms with Gasteiger partial charge in [0.15, 0.2) is 0 Å². The molecule has 1 atom stereocenters. The first-order valence-corrected chi connectivity index (χ1v) is 5.02. The number of nitrogens with one attached hydrogen (secondary N) is 1. The van der Waals surface area contributed by atoms with Crippen LogP contribution in [0.5, 0.6) is 0 Å². The van der Waals surface area contributed by atoms with Gasteiger partial charge in [0.05, 0.1) is 6.10 Å². The van der Waals surface area contributed by atoms with Crippen molar-refractivity contribution < 1.29 is 4.74 Å². The van der Waals surface area contributed by atoms with Gasteiger partial charge in [-0.25, -0.2) is 0 Å². The van der Waals surface area contributed by atoms with Crippen LogP contribution in [0, 0.1) is 0 Å². The average Bonchev–Trinajstić information content (AvgIpc) is 2.57. The monoisotopic (exact) mass is 185 g/mol. The highest BCUT2D eigenvalue weighted by Crippen LogP contribution is 2.04. The van der Waals surface area contributed by atoms with Gasteiger partial charge in [-0.3, -0.25) is 0 Å². The molecule has 1 heterocycles. The topological polar surface area (TPSA) is 21.3 Å². The van der Waals surface area contributed by atoms with Crippen LogP contribution in [0.2, 0.25) is 0 Å². The lowest BCUT2D eigenvalue weighted by Crippen LogP contribution is -2.25. The SMILES string of the molecule is COC(C)CNCc1ccsc1. The van der Waals surface area contributed by atoms with E-state index in [-0.39, 0.29) is 0 Å². The molecule has 1 unspecified atom stereocenters. The van der Waals surface area contributed by atoms with E-state index in [9.17, 15) is 0 Å². The zero-order chi connectivity index (χ0) is 8.81. The van der Waals surface area contributed by atoms with Crippen LogP contribution in [0.25, 0.3) is 0 Å². The lowest BCUT2D eigenvalue weighted by Gasteiger charge is -2.09. The van der Waals surface area contributed by atoms with Gasteiger partial charge < -0.3 is 10.1 Å². The van der Waals surface area contributed by atoms with E-state index in [2.05, 4.69) is 29.1 Å². The van der Waals surface area contributed by atoms with E-state index >= 15 is 0 Å². The van der Waals surface area contributed by atoms with Gasteiger partial charge in [0.25, 0.3) is 0 Å². The summed E-state index contributed by atoms with van der Waals surface area (Å²) in [7, 11) is 1.73. The Labute approximate surface area is 77.6 Å². The van der Waals surface area contributed by atoms with Gasteiger partial charge in [0.1, 0.15) is 0 Å². The second kappa shape index (κ2) is 5.30. The largest absolute Gasteiger partial charge is 0.380 e. The lowest BCUT2D eigenvalue weighted by molar-refractivity contribution is 0.117. The van der Waals surface area contributed by atoms with Crippen molar-refractivity contribution in [2.45, 2.75) is 19.6 Å². The zero-order valence-corrected chi connectivity index (χ0v) is 8.36. The fraction of sp³-hybridized carbons (Fsp3) is 0.556. The number of ether oxygens (including phenoxy) is 1. The number of thiophene rings is 1. The third-order valence-electron chi connectivity index (χ3n) is 1.74. The quantitative estimate of drug-likeness (QED) is 0.756. The Morgan fingerprint density at radius 3 is 3.08 bits per heavy atom. The first-order valence-electron chi connectivity index (χ1n) is 4.07. The van der Waals surface area contributed by atoms with Crippen LogP contribution in [0.1, 0.15) is 12.5 Å². The van der Waals surface area contributed by atoms with Gasteiger partial charge >= 0.3 is 0 Å². The summed E-state index contributed by atoms with van der Waals surface area (Å²) in [5.74, 6) is 0. The second-order valence-electron chi connectivity index (χ2n) is 2.81. The van der Waals surface area contributed by atoms with Crippen LogP contribution in [0.3, 0.4) is 0 Å². The third kappa shape index (κ3) is 3.34. The van der Waals surface area contributed by atoms with E-state index in [4.69, 9.17) is 4.74 Å². The highest BCUT2D eigenvalue weighted by molar-refractivity contribution is 7.07. The van der Waals surface area contributed by atoms with E-state index in [0.29, 0.717) is 6.10 Å². The second-order valence-corrected chi connectivity index (χ2v) is 3.59. The summed E-state index contributed by atoms with van der Waals surface area (Å²) in [6, 6.07) is 2.13. The Bertz CT molecular complexity index is 198. The molecule has 0 saturated carbocycles. The summed E-state index contributed by atoms with van der Waals surface area (Å²) in [6.07, 6.45) is 0.295. The van der Waals surface area contributed by atoms with Crippen molar-refractivity contribution in [1.82, 2.24) is 5.32 Å². The third-order valence-corrected chi connectivity index (χ3v) is 2.48. The van der Waals surface area contributed by atoms with E-state index in [1.54, 1.807) is 18.4 Å². The summed E-state index contributed by atoms with van der Waals surface area (Å²) < 4.78 is 5.11. The van der Waals surface area contributed by atoms with Crippen molar-refractivity contribution >= 4 is 11.3 Å². The number of methoxy groups -OCH3 is 1. The molecule has 3 heteroatoms. The standard InChI is InChI=1S/C9H15NOS/c1-8(11-2)5-10-6-9-3-4-12-7-9/h3-4,7-8,10H,5-6H2,1-2H3. The molecule has 0 aliphatic rings. The van der Waals surface area contributed by atoms with Crippen LogP contribution < -0.4 is 5.32 Å². The smallest absolute Gasteiger partial charge is 0.0667 e. The van der Waals surface area contributed by atoms with Crippen molar-refractivity contribution in [1.29, 1.82) is 0 Å². The van der Waals surface area contributed by atoms with Crippen LogP contribution >= 0.6 is 11.3 Å². The Morgan fingerprint density at radius 2 is 2.50 bits per heavy atom. The molecule has 1 aromatic rings. The zero-order valence-electron chi connectivity index (χ0n) is 7.54. The Kier molecular flexibility index (Phi) is 4.29. The molecule has 1 rings (SSSR count). The van der Waals surface area contributed by atoms with Crippen molar-refractivity contribution in [3.8, 4) is 0 Å². The van der Waals surface area contributed by atoms with Gasteiger partial charge in [-0.2, -0.15) is 11.3 Å². The fourth-order valence-electron chi connectivity index (χ4n) is 0.896. The Hall–Kier alpha value is -0.380. The molecular formula is C9H15NOS. The molecule has 0 fully saturated rings. The molecule has 0 saturated heterocycles. The maximum Gasteiger partial charge on any atom is 0.0667 e. The van der Waals surface area contributed by atoms with Crippen LogP contribution in [0.15, 0.2) is 16.8 Å². The molecule has 0 aromatic carbocycles. The summed E-state index contributed by atoms with van der Waals surface area (Å²) in [5.41, 5.74) is 1.35. The molecule has 0 aliphatic heterocycles. The molecular weight excluding hydrogens is 170 g/mol. The molecule has 68 valence electrons. The lowest BCUT2D eigenvalue weighted by atomic mass is 10.3. The highest BCUT2D eigenvalue weighted by Gasteiger charge is 1.97. The number of hydrogen-bond acceptors (Lipinski definition) is 3. The van der Waals surface area contributed by atoms with Crippen molar-refractivity contribution in [2.24, 2.45) is 0 Å². The Morgan fingerprint density at radius 1 is 1.67 bits per heavy atom. The normalized spacial score (nSPS) is 13.2. The van der Waals surface area contributed by atoms with Crippen molar-refractivity contribution in [3.63, 3.8) is 0 Å². The van der Waals surface area contributed by atoms with Gasteiger partial charge in [-0.1, -0.05) is 0 Å². The highest BCUT2D eigenvalue weighted by atomic mass is 32.1. The molecule has 0 bridgehead atoms. The summed E-state index contributed by atoms with van der Waals surface area (Å²) in [4.78, 5) is 0. The van der Waals surface area contributed by atoms with E-state index < -0.39 is 0 Å². The molecule has 12 heavy (non-hydrogen) atoms. The summed E-state index contributed by atoms with van der Waals surface area (Å²) in [6.45, 7) is 3.91.